The highest BCUT2D eigenvalue weighted by molar-refractivity contribution is 6.00. The van der Waals surface area contributed by atoms with Crippen LogP contribution in [0.1, 0.15) is 22.8 Å². The molecule has 0 spiro atoms. The second-order valence-corrected chi connectivity index (χ2v) is 5.27. The Labute approximate surface area is 140 Å². The quantitative estimate of drug-likeness (QED) is 0.581. The number of rotatable bonds is 3. The summed E-state index contributed by atoms with van der Waals surface area (Å²) in [5, 5.41) is 4.18. The van der Waals surface area contributed by atoms with E-state index in [4.69, 9.17) is 5.73 Å². The minimum Gasteiger partial charge on any atom is -0.398 e. The van der Waals surface area contributed by atoms with E-state index in [1.165, 1.54) is 24.0 Å². The van der Waals surface area contributed by atoms with E-state index < -0.39 is 11.7 Å². The van der Waals surface area contributed by atoms with Crippen molar-refractivity contribution in [2.24, 2.45) is 0 Å². The molecule has 0 saturated heterocycles. The van der Waals surface area contributed by atoms with Gasteiger partial charge in [0.2, 0.25) is 0 Å². The van der Waals surface area contributed by atoms with E-state index in [9.17, 15) is 18.0 Å². The summed E-state index contributed by atoms with van der Waals surface area (Å²) in [6.07, 6.45) is -2.39. The number of carbonyl (C=O) groups is 1. The van der Waals surface area contributed by atoms with Crippen LogP contribution in [0, 0.1) is 0 Å². The highest BCUT2D eigenvalue weighted by Gasteiger charge is 2.30. The lowest BCUT2D eigenvalue weighted by Crippen LogP contribution is -2.07. The average molecular weight is 347 g/mol. The second-order valence-electron chi connectivity index (χ2n) is 5.27. The summed E-state index contributed by atoms with van der Waals surface area (Å²) in [6.45, 7) is 1.40. The number of anilines is 1. The molecule has 9 heteroatoms. The molecule has 2 aromatic heterocycles. The molecule has 0 unspecified atom stereocenters. The maximum absolute atomic E-state index is 12.6. The molecular weight excluding hydrogens is 335 g/mol. The first kappa shape index (κ1) is 16.6. The van der Waals surface area contributed by atoms with Crippen LogP contribution >= 0.6 is 0 Å². The van der Waals surface area contributed by atoms with Gasteiger partial charge in [0.1, 0.15) is 6.33 Å². The predicted molar refractivity (Wildman–Crippen MR) is 84.0 cm³/mol. The van der Waals surface area contributed by atoms with E-state index in [1.807, 2.05) is 0 Å². The predicted octanol–water partition coefficient (Wildman–Crippen LogP) is 3.13. The number of hydrogen-bond acceptors (Lipinski definition) is 5. The minimum absolute atomic E-state index is 0.189. The van der Waals surface area contributed by atoms with Crippen LogP contribution in [0.4, 0.5) is 18.9 Å². The van der Waals surface area contributed by atoms with E-state index in [0.717, 1.165) is 12.3 Å². The highest BCUT2D eigenvalue weighted by Crippen LogP contribution is 2.28. The second kappa shape index (κ2) is 6.00. The molecule has 2 heterocycles. The number of Topliss-reactive ketones (excluding diaryl/α,β-unsaturated/α-hetero) is 1. The number of nitrogens with two attached hydrogens (primary N) is 1. The van der Waals surface area contributed by atoms with Gasteiger partial charge in [-0.1, -0.05) is 0 Å². The maximum atomic E-state index is 12.6. The summed E-state index contributed by atoms with van der Waals surface area (Å²) < 4.78 is 39.0. The van der Waals surface area contributed by atoms with Crippen molar-refractivity contribution in [3.8, 4) is 17.2 Å². The lowest BCUT2D eigenvalue weighted by Gasteiger charge is -2.06. The number of nitrogens with zero attached hydrogens (tertiary/aromatic N) is 4. The number of carbonyl (C=O) groups excluding carboxylic acids is 1. The molecule has 6 nitrogen and oxygen atoms in total. The summed E-state index contributed by atoms with van der Waals surface area (Å²) in [4.78, 5) is 19.4. The third-order valence-electron chi connectivity index (χ3n) is 3.49. The number of nitrogen functional groups attached to an aromatic ring is 1. The maximum Gasteiger partial charge on any atom is 0.417 e. The Kier molecular flexibility index (Phi) is 3.99. The number of halogens is 3. The highest BCUT2D eigenvalue weighted by atomic mass is 19.4. The van der Waals surface area contributed by atoms with Gasteiger partial charge in [-0.3, -0.25) is 4.79 Å². The standard InChI is InChI=1S/C16H12F3N5O/c1-9(25)12-6-10(2-4-13(12)20)15-22-8-24(23-15)14-5-3-11(7-21-14)16(17,18)19/h2-8H,20H2,1H3. The van der Waals surface area contributed by atoms with Gasteiger partial charge in [0.25, 0.3) is 0 Å². The number of pyridine rings is 1. The van der Waals surface area contributed by atoms with E-state index in [1.54, 1.807) is 18.2 Å². The molecule has 0 saturated carbocycles. The molecular formula is C16H12F3N5O. The summed E-state index contributed by atoms with van der Waals surface area (Å²) >= 11 is 0. The molecule has 1 aromatic carbocycles. The van der Waals surface area contributed by atoms with Crippen molar-refractivity contribution in [1.82, 2.24) is 19.7 Å². The molecule has 25 heavy (non-hydrogen) atoms. The number of aromatic nitrogens is 4. The van der Waals surface area contributed by atoms with Crippen LogP contribution < -0.4 is 5.73 Å². The van der Waals surface area contributed by atoms with Crippen LogP contribution in [-0.4, -0.2) is 25.5 Å². The fraction of sp³-hybridized carbons (Fsp3) is 0.125. The van der Waals surface area contributed by atoms with Crippen molar-refractivity contribution in [3.63, 3.8) is 0 Å². The van der Waals surface area contributed by atoms with Gasteiger partial charge in [0.15, 0.2) is 17.4 Å². The fourth-order valence-electron chi connectivity index (χ4n) is 2.20. The number of benzene rings is 1. The molecule has 0 amide bonds. The molecule has 0 fully saturated rings. The normalized spacial score (nSPS) is 11.5. The van der Waals surface area contributed by atoms with E-state index >= 15 is 0 Å². The van der Waals surface area contributed by atoms with Crippen molar-refractivity contribution in [3.05, 3.63) is 54.0 Å². The van der Waals surface area contributed by atoms with Crippen LogP contribution in [-0.2, 0) is 6.18 Å². The lowest BCUT2D eigenvalue weighted by molar-refractivity contribution is -0.137. The monoisotopic (exact) mass is 347 g/mol. The molecule has 0 bridgehead atoms. The van der Waals surface area contributed by atoms with E-state index in [2.05, 4.69) is 15.1 Å². The molecule has 2 N–H and O–H groups in total. The zero-order valence-electron chi connectivity index (χ0n) is 12.9. The third kappa shape index (κ3) is 3.35. The Morgan fingerprint density at radius 3 is 2.52 bits per heavy atom. The SMILES string of the molecule is CC(=O)c1cc(-c2ncn(-c3ccc(C(F)(F)F)cn3)n2)ccc1N. The molecule has 0 aliphatic heterocycles. The summed E-state index contributed by atoms with van der Waals surface area (Å²) in [7, 11) is 0. The smallest absolute Gasteiger partial charge is 0.398 e. The molecule has 3 rings (SSSR count). The lowest BCUT2D eigenvalue weighted by atomic mass is 10.1. The molecule has 0 aliphatic carbocycles. The first-order chi connectivity index (χ1) is 11.8. The summed E-state index contributed by atoms with van der Waals surface area (Å²) in [5.41, 5.74) is 6.16. The van der Waals surface area contributed by atoms with Crippen molar-refractivity contribution in [2.45, 2.75) is 13.1 Å². The Morgan fingerprint density at radius 2 is 1.92 bits per heavy atom. The average Bonchev–Trinajstić information content (AvgIpc) is 3.04. The van der Waals surface area contributed by atoms with Crippen LogP contribution in [0.2, 0.25) is 0 Å². The minimum atomic E-state index is -4.45. The summed E-state index contributed by atoms with van der Waals surface area (Å²) in [6, 6.07) is 6.91. The van der Waals surface area contributed by atoms with Crippen molar-refractivity contribution < 1.29 is 18.0 Å². The van der Waals surface area contributed by atoms with Crippen LogP contribution in [0.15, 0.2) is 42.9 Å². The fourth-order valence-corrected chi connectivity index (χ4v) is 2.20. The van der Waals surface area contributed by atoms with Gasteiger partial charge in [-0.05, 0) is 37.3 Å². The number of alkyl halides is 3. The Hall–Kier alpha value is -3.23. The van der Waals surface area contributed by atoms with Gasteiger partial charge in [-0.2, -0.15) is 13.2 Å². The zero-order valence-corrected chi connectivity index (χ0v) is 12.9. The van der Waals surface area contributed by atoms with Gasteiger partial charge in [0, 0.05) is 23.0 Å². The van der Waals surface area contributed by atoms with Gasteiger partial charge in [0.05, 0.1) is 5.56 Å². The van der Waals surface area contributed by atoms with Gasteiger partial charge in [-0.15, -0.1) is 5.10 Å². The van der Waals surface area contributed by atoms with Crippen LogP contribution in [0.5, 0.6) is 0 Å². The molecule has 0 atom stereocenters. The molecule has 3 aromatic rings. The number of hydrogen-bond donors (Lipinski definition) is 1. The van der Waals surface area contributed by atoms with Gasteiger partial charge < -0.3 is 5.73 Å². The first-order valence-corrected chi connectivity index (χ1v) is 7.12. The van der Waals surface area contributed by atoms with Crippen molar-refractivity contribution in [2.75, 3.05) is 5.73 Å². The van der Waals surface area contributed by atoms with Gasteiger partial charge in [-0.25, -0.2) is 14.6 Å². The molecule has 0 radical (unpaired) electrons. The number of ketones is 1. The summed E-state index contributed by atoms with van der Waals surface area (Å²) in [5.74, 6) is 0.293. The van der Waals surface area contributed by atoms with E-state index in [-0.39, 0.29) is 11.6 Å². The molecule has 0 aliphatic rings. The van der Waals surface area contributed by atoms with Crippen LogP contribution in [0.25, 0.3) is 17.2 Å². The largest absolute Gasteiger partial charge is 0.417 e. The first-order valence-electron chi connectivity index (χ1n) is 7.12. The third-order valence-corrected chi connectivity index (χ3v) is 3.49. The topological polar surface area (TPSA) is 86.7 Å². The van der Waals surface area contributed by atoms with Crippen LogP contribution in [0.3, 0.4) is 0 Å². The Bertz CT molecular complexity index is 932. The molecule has 128 valence electrons. The Morgan fingerprint density at radius 1 is 1.16 bits per heavy atom. The zero-order chi connectivity index (χ0) is 18.2. The van der Waals surface area contributed by atoms with Crippen molar-refractivity contribution >= 4 is 11.5 Å². The Balaban J connectivity index is 1.93. The van der Waals surface area contributed by atoms with Crippen molar-refractivity contribution in [1.29, 1.82) is 0 Å². The van der Waals surface area contributed by atoms with Gasteiger partial charge >= 0.3 is 6.18 Å². The van der Waals surface area contributed by atoms with E-state index in [0.29, 0.717) is 22.6 Å².